The molecule has 1 heterocycles. The molecule has 3 rings (SSSR count). The lowest BCUT2D eigenvalue weighted by molar-refractivity contribution is -0.386. The average molecular weight is 396 g/mol. The highest BCUT2D eigenvalue weighted by molar-refractivity contribution is 5.96. The summed E-state index contributed by atoms with van der Waals surface area (Å²) in [6, 6.07) is 13.8. The quantitative estimate of drug-likeness (QED) is 0.625. The summed E-state index contributed by atoms with van der Waals surface area (Å²) in [5, 5.41) is 21.2. The molecule has 152 valence electrons. The van der Waals surface area contributed by atoms with Crippen LogP contribution in [0.25, 0.3) is 0 Å². The van der Waals surface area contributed by atoms with E-state index < -0.39 is 28.1 Å². The number of nitro benzene ring substituents is 1. The first-order valence-corrected chi connectivity index (χ1v) is 9.45. The Morgan fingerprint density at radius 1 is 1.10 bits per heavy atom. The van der Waals surface area contributed by atoms with Crippen LogP contribution in [-0.2, 0) is 10.2 Å². The number of aliphatic carboxylic acids is 1. The van der Waals surface area contributed by atoms with Gasteiger partial charge >= 0.3 is 5.97 Å². The van der Waals surface area contributed by atoms with Crippen LogP contribution < -0.4 is 0 Å². The van der Waals surface area contributed by atoms with Gasteiger partial charge in [-0.2, -0.15) is 0 Å². The fourth-order valence-electron chi connectivity index (χ4n) is 3.89. The smallest absolute Gasteiger partial charge is 0.308 e. The fourth-order valence-corrected chi connectivity index (χ4v) is 3.89. The number of nitrogens with zero attached hydrogens (tertiary/aromatic N) is 2. The molecule has 1 N–H and O–H groups in total. The first-order valence-electron chi connectivity index (χ1n) is 9.45. The van der Waals surface area contributed by atoms with E-state index in [0.717, 1.165) is 5.56 Å². The molecule has 7 nitrogen and oxygen atoms in total. The zero-order chi connectivity index (χ0) is 21.3. The van der Waals surface area contributed by atoms with Crippen LogP contribution in [0.15, 0.2) is 48.5 Å². The van der Waals surface area contributed by atoms with Crippen LogP contribution in [0, 0.1) is 16.0 Å². The van der Waals surface area contributed by atoms with Gasteiger partial charge < -0.3 is 10.0 Å². The Bertz CT molecular complexity index is 949. The molecule has 2 aromatic rings. The van der Waals surface area contributed by atoms with Gasteiger partial charge in [0.15, 0.2) is 0 Å². The van der Waals surface area contributed by atoms with Gasteiger partial charge in [-0.05, 0) is 17.0 Å². The van der Waals surface area contributed by atoms with E-state index in [9.17, 15) is 24.8 Å². The summed E-state index contributed by atoms with van der Waals surface area (Å²) in [7, 11) is 0. The molecule has 0 spiro atoms. The summed E-state index contributed by atoms with van der Waals surface area (Å²) in [6.07, 6.45) is 0. The van der Waals surface area contributed by atoms with E-state index in [0.29, 0.717) is 5.56 Å². The highest BCUT2D eigenvalue weighted by Crippen LogP contribution is 2.35. The number of hydrogen-bond donors (Lipinski definition) is 1. The van der Waals surface area contributed by atoms with Crippen LogP contribution in [0.4, 0.5) is 5.69 Å². The third-order valence-corrected chi connectivity index (χ3v) is 5.40. The van der Waals surface area contributed by atoms with Crippen LogP contribution in [-0.4, -0.2) is 39.9 Å². The van der Waals surface area contributed by atoms with Crippen molar-refractivity contribution in [2.75, 3.05) is 13.1 Å². The van der Waals surface area contributed by atoms with Gasteiger partial charge in [-0.3, -0.25) is 19.7 Å². The first kappa shape index (κ1) is 20.5. The maximum absolute atomic E-state index is 13.0. The highest BCUT2D eigenvalue weighted by atomic mass is 16.6. The first-order chi connectivity index (χ1) is 13.6. The second-order valence-corrected chi connectivity index (χ2v) is 8.41. The van der Waals surface area contributed by atoms with Crippen molar-refractivity contribution in [2.45, 2.75) is 32.1 Å². The summed E-state index contributed by atoms with van der Waals surface area (Å²) < 4.78 is 0. The maximum Gasteiger partial charge on any atom is 0.308 e. The fraction of sp³-hybridized carbons (Fsp3) is 0.364. The molecule has 7 heteroatoms. The average Bonchev–Trinajstić information content (AvgIpc) is 3.12. The lowest BCUT2D eigenvalue weighted by Gasteiger charge is -2.20. The third-order valence-electron chi connectivity index (χ3n) is 5.40. The summed E-state index contributed by atoms with van der Waals surface area (Å²) in [4.78, 5) is 37.3. The monoisotopic (exact) mass is 396 g/mol. The summed E-state index contributed by atoms with van der Waals surface area (Å²) in [5.74, 6) is -2.38. The number of hydrogen-bond acceptors (Lipinski definition) is 4. The van der Waals surface area contributed by atoms with Gasteiger partial charge in [0, 0.05) is 36.2 Å². The van der Waals surface area contributed by atoms with Crippen LogP contribution >= 0.6 is 0 Å². The minimum atomic E-state index is -0.955. The van der Waals surface area contributed by atoms with E-state index in [2.05, 4.69) is 0 Å². The van der Waals surface area contributed by atoms with Crippen molar-refractivity contribution in [1.29, 1.82) is 0 Å². The van der Waals surface area contributed by atoms with Crippen molar-refractivity contribution >= 4 is 17.6 Å². The molecule has 1 aliphatic heterocycles. The Labute approximate surface area is 169 Å². The van der Waals surface area contributed by atoms with E-state index in [4.69, 9.17) is 0 Å². The lowest BCUT2D eigenvalue weighted by atomic mass is 9.85. The zero-order valence-electron chi connectivity index (χ0n) is 16.7. The van der Waals surface area contributed by atoms with Crippen molar-refractivity contribution in [2.24, 2.45) is 5.92 Å². The molecule has 2 unspecified atom stereocenters. The van der Waals surface area contributed by atoms with Crippen LogP contribution in [0.2, 0.25) is 0 Å². The molecule has 1 amide bonds. The van der Waals surface area contributed by atoms with Crippen molar-refractivity contribution < 1.29 is 19.6 Å². The summed E-state index contributed by atoms with van der Waals surface area (Å²) in [5.41, 5.74) is 1.07. The largest absolute Gasteiger partial charge is 0.481 e. The van der Waals surface area contributed by atoms with Gasteiger partial charge in [0.2, 0.25) is 0 Å². The predicted molar refractivity (Wildman–Crippen MR) is 108 cm³/mol. The normalized spacial score (nSPS) is 19.2. The molecule has 2 atom stereocenters. The van der Waals surface area contributed by atoms with Crippen LogP contribution in [0.3, 0.4) is 0 Å². The molecule has 2 aromatic carbocycles. The van der Waals surface area contributed by atoms with E-state index >= 15 is 0 Å². The van der Waals surface area contributed by atoms with Gasteiger partial charge in [0.1, 0.15) is 0 Å². The highest BCUT2D eigenvalue weighted by Gasteiger charge is 2.41. The SMILES string of the molecule is CC(C)(C)c1ccc(C(=O)N2CC(C(=O)O)C(c3ccccc3)C2)cc1[N+](=O)[O-]. The van der Waals surface area contributed by atoms with Gasteiger partial charge in [0.25, 0.3) is 11.6 Å². The van der Waals surface area contributed by atoms with Crippen molar-refractivity contribution in [3.05, 3.63) is 75.3 Å². The number of nitro groups is 1. The van der Waals surface area contributed by atoms with Crippen molar-refractivity contribution in [3.63, 3.8) is 0 Å². The Kier molecular flexibility index (Phi) is 5.42. The minimum Gasteiger partial charge on any atom is -0.481 e. The number of amides is 1. The van der Waals surface area contributed by atoms with Crippen LogP contribution in [0.1, 0.15) is 48.2 Å². The molecule has 29 heavy (non-hydrogen) atoms. The van der Waals surface area contributed by atoms with E-state index in [1.54, 1.807) is 12.1 Å². The second kappa shape index (κ2) is 7.66. The molecule has 0 aliphatic carbocycles. The molecule has 0 radical (unpaired) electrons. The van der Waals surface area contributed by atoms with Gasteiger partial charge in [0.05, 0.1) is 10.8 Å². The van der Waals surface area contributed by atoms with Gasteiger partial charge in [-0.25, -0.2) is 0 Å². The third kappa shape index (κ3) is 4.13. The van der Waals surface area contributed by atoms with Crippen LogP contribution in [0.5, 0.6) is 0 Å². The number of carbonyl (C=O) groups is 2. The molecular formula is C22H24N2O5. The number of likely N-dealkylation sites (tertiary alicyclic amines) is 1. The Balaban J connectivity index is 1.92. The summed E-state index contributed by atoms with van der Waals surface area (Å²) >= 11 is 0. The standard InChI is InChI=1S/C22H24N2O5/c1-22(2,3)18-10-9-15(11-19(18)24(28)29)20(25)23-12-16(17(13-23)21(26)27)14-7-5-4-6-8-14/h4-11,16-17H,12-13H2,1-3H3,(H,26,27). The number of benzene rings is 2. The Morgan fingerprint density at radius 3 is 2.31 bits per heavy atom. The van der Waals surface area contributed by atoms with Crippen molar-refractivity contribution in [1.82, 2.24) is 4.90 Å². The zero-order valence-corrected chi connectivity index (χ0v) is 16.7. The second-order valence-electron chi connectivity index (χ2n) is 8.41. The molecule has 1 fully saturated rings. The number of carboxylic acid groups (broad SMARTS) is 1. The van der Waals surface area contributed by atoms with Gasteiger partial charge in [-0.1, -0.05) is 57.2 Å². The van der Waals surface area contributed by atoms with E-state index in [1.807, 2.05) is 51.1 Å². The maximum atomic E-state index is 13.0. The van der Waals surface area contributed by atoms with E-state index in [-0.39, 0.29) is 30.3 Å². The Hall–Kier alpha value is -3.22. The van der Waals surface area contributed by atoms with Crippen molar-refractivity contribution in [3.8, 4) is 0 Å². The number of rotatable bonds is 4. The summed E-state index contributed by atoms with van der Waals surface area (Å²) in [6.45, 7) is 5.95. The minimum absolute atomic E-state index is 0.0720. The molecule has 1 saturated heterocycles. The molecule has 0 saturated carbocycles. The number of carbonyl (C=O) groups excluding carboxylic acids is 1. The number of carboxylic acids is 1. The Morgan fingerprint density at radius 2 is 1.76 bits per heavy atom. The lowest BCUT2D eigenvalue weighted by Crippen LogP contribution is -2.30. The topological polar surface area (TPSA) is 101 Å². The van der Waals surface area contributed by atoms with Gasteiger partial charge in [-0.15, -0.1) is 0 Å². The molecule has 0 aromatic heterocycles. The molecule has 1 aliphatic rings. The predicted octanol–water partition coefficient (Wildman–Crippen LogP) is 3.83. The molecular weight excluding hydrogens is 372 g/mol. The van der Waals surface area contributed by atoms with E-state index in [1.165, 1.54) is 11.0 Å². The molecule has 0 bridgehead atoms.